The van der Waals surface area contributed by atoms with Crippen molar-refractivity contribution in [3.8, 4) is 22.8 Å². The summed E-state index contributed by atoms with van der Waals surface area (Å²) < 4.78 is 5.21. The number of nitro benzene ring substituents is 1. The van der Waals surface area contributed by atoms with Crippen LogP contribution in [0, 0.1) is 17.0 Å². The predicted molar refractivity (Wildman–Crippen MR) is 76.6 cm³/mol. The highest BCUT2D eigenvalue weighted by atomic mass is 16.6. The van der Waals surface area contributed by atoms with E-state index < -0.39 is 4.92 Å². The molecule has 0 amide bonds. The van der Waals surface area contributed by atoms with E-state index in [4.69, 9.17) is 4.52 Å². The molecule has 104 valence electrons. The molecule has 0 aliphatic heterocycles. The monoisotopic (exact) mass is 281 g/mol. The second-order valence-corrected chi connectivity index (χ2v) is 4.60. The van der Waals surface area contributed by atoms with Crippen molar-refractivity contribution < 1.29 is 9.45 Å². The van der Waals surface area contributed by atoms with Crippen LogP contribution in [0.15, 0.2) is 53.1 Å². The molecule has 6 heteroatoms. The summed E-state index contributed by atoms with van der Waals surface area (Å²) in [5.41, 5.74) is 2.64. The number of rotatable bonds is 3. The molecule has 0 N–H and O–H groups in total. The zero-order valence-electron chi connectivity index (χ0n) is 11.2. The lowest BCUT2D eigenvalue weighted by atomic mass is 10.1. The van der Waals surface area contributed by atoms with Crippen LogP contribution in [0.4, 0.5) is 5.69 Å². The van der Waals surface area contributed by atoms with Crippen LogP contribution in [0.2, 0.25) is 0 Å². The van der Waals surface area contributed by atoms with Gasteiger partial charge in [-0.3, -0.25) is 10.1 Å². The Kier molecular flexibility index (Phi) is 3.19. The van der Waals surface area contributed by atoms with Crippen LogP contribution in [-0.2, 0) is 0 Å². The van der Waals surface area contributed by atoms with Crippen LogP contribution >= 0.6 is 0 Å². The van der Waals surface area contributed by atoms with Crippen LogP contribution in [-0.4, -0.2) is 15.1 Å². The van der Waals surface area contributed by atoms with Crippen molar-refractivity contribution in [2.75, 3.05) is 0 Å². The van der Waals surface area contributed by atoms with Crippen LogP contribution in [0.3, 0.4) is 0 Å². The lowest BCUT2D eigenvalue weighted by Crippen LogP contribution is -1.87. The van der Waals surface area contributed by atoms with Gasteiger partial charge in [-0.25, -0.2) is 0 Å². The number of hydrogen-bond donors (Lipinski definition) is 0. The quantitative estimate of drug-likeness (QED) is 0.541. The summed E-state index contributed by atoms with van der Waals surface area (Å²) in [5.74, 6) is 0.827. The largest absolute Gasteiger partial charge is 0.334 e. The Morgan fingerprint density at radius 1 is 1.10 bits per heavy atom. The average Bonchev–Trinajstić information content (AvgIpc) is 2.97. The summed E-state index contributed by atoms with van der Waals surface area (Å²) in [6.45, 7) is 1.99. The topological polar surface area (TPSA) is 82.1 Å². The van der Waals surface area contributed by atoms with Gasteiger partial charge in [0.2, 0.25) is 5.82 Å². The number of non-ortho nitro benzene ring substituents is 1. The molecule has 21 heavy (non-hydrogen) atoms. The van der Waals surface area contributed by atoms with Crippen LogP contribution in [0.5, 0.6) is 0 Å². The van der Waals surface area contributed by atoms with E-state index in [-0.39, 0.29) is 5.69 Å². The first-order valence-corrected chi connectivity index (χ1v) is 6.29. The summed E-state index contributed by atoms with van der Waals surface area (Å²) in [7, 11) is 0. The number of aryl methyl sites for hydroxylation is 1. The molecule has 1 aromatic heterocycles. The Bertz CT molecular complexity index is 794. The minimum absolute atomic E-state index is 0.0252. The fourth-order valence-electron chi connectivity index (χ4n) is 1.97. The molecule has 0 saturated heterocycles. The predicted octanol–water partition coefficient (Wildman–Crippen LogP) is 3.62. The molecule has 0 aliphatic rings. The molecule has 0 unspecified atom stereocenters. The number of benzene rings is 2. The first kappa shape index (κ1) is 13.0. The first-order chi connectivity index (χ1) is 10.1. The third kappa shape index (κ3) is 2.64. The maximum atomic E-state index is 10.6. The number of nitro groups is 1. The van der Waals surface area contributed by atoms with E-state index in [2.05, 4.69) is 10.1 Å². The lowest BCUT2D eigenvalue weighted by molar-refractivity contribution is -0.384. The molecule has 0 radical (unpaired) electrons. The van der Waals surface area contributed by atoms with Crippen molar-refractivity contribution in [2.45, 2.75) is 6.92 Å². The van der Waals surface area contributed by atoms with E-state index in [1.165, 1.54) is 12.1 Å². The maximum absolute atomic E-state index is 10.6. The Balaban J connectivity index is 1.93. The molecule has 0 spiro atoms. The summed E-state index contributed by atoms with van der Waals surface area (Å²) in [6.07, 6.45) is 0. The molecule has 0 fully saturated rings. The van der Waals surface area contributed by atoms with Gasteiger partial charge in [-0.15, -0.1) is 0 Å². The molecule has 3 aromatic rings. The number of hydrogen-bond acceptors (Lipinski definition) is 5. The molecule has 0 saturated carbocycles. The van der Waals surface area contributed by atoms with Crippen LogP contribution in [0.1, 0.15) is 5.56 Å². The van der Waals surface area contributed by atoms with E-state index in [9.17, 15) is 10.1 Å². The molecular weight excluding hydrogens is 270 g/mol. The second-order valence-electron chi connectivity index (χ2n) is 4.60. The molecule has 2 aromatic carbocycles. The van der Waals surface area contributed by atoms with Gasteiger partial charge in [0.1, 0.15) is 0 Å². The highest BCUT2D eigenvalue weighted by Crippen LogP contribution is 2.24. The van der Waals surface area contributed by atoms with Gasteiger partial charge in [0.05, 0.1) is 4.92 Å². The van der Waals surface area contributed by atoms with Crippen LogP contribution in [0.25, 0.3) is 22.8 Å². The van der Waals surface area contributed by atoms with E-state index in [1.807, 2.05) is 31.2 Å². The van der Waals surface area contributed by atoms with Gasteiger partial charge in [0.15, 0.2) is 0 Å². The standard InChI is InChI=1S/C15H11N3O3/c1-10-3-2-4-12(9-10)14-16-15(21-17-14)11-5-7-13(8-6-11)18(19)20/h2-9H,1H3. The zero-order chi connectivity index (χ0) is 14.8. The van der Waals surface area contributed by atoms with Crippen molar-refractivity contribution >= 4 is 5.69 Å². The average molecular weight is 281 g/mol. The second kappa shape index (κ2) is 5.16. The smallest absolute Gasteiger partial charge is 0.269 e. The van der Waals surface area contributed by atoms with Gasteiger partial charge < -0.3 is 4.52 Å². The fraction of sp³-hybridized carbons (Fsp3) is 0.0667. The minimum atomic E-state index is -0.449. The molecule has 1 heterocycles. The molecular formula is C15H11N3O3. The van der Waals surface area contributed by atoms with Crippen molar-refractivity contribution in [3.63, 3.8) is 0 Å². The summed E-state index contributed by atoms with van der Waals surface area (Å²) >= 11 is 0. The molecule has 6 nitrogen and oxygen atoms in total. The maximum Gasteiger partial charge on any atom is 0.269 e. The molecule has 0 atom stereocenters. The van der Waals surface area contributed by atoms with Crippen molar-refractivity contribution in [1.29, 1.82) is 0 Å². The molecule has 0 bridgehead atoms. The summed E-state index contributed by atoms with van der Waals surface area (Å²) in [4.78, 5) is 14.5. The SMILES string of the molecule is Cc1cccc(-c2noc(-c3ccc([N+](=O)[O-])cc3)n2)c1. The number of nitrogens with zero attached hydrogens (tertiary/aromatic N) is 3. The van der Waals surface area contributed by atoms with Crippen molar-refractivity contribution in [3.05, 3.63) is 64.2 Å². The van der Waals surface area contributed by atoms with Gasteiger partial charge in [0.25, 0.3) is 11.6 Å². The van der Waals surface area contributed by atoms with Gasteiger partial charge in [-0.2, -0.15) is 4.98 Å². The highest BCUT2D eigenvalue weighted by Gasteiger charge is 2.12. The Morgan fingerprint density at radius 2 is 1.86 bits per heavy atom. The van der Waals surface area contributed by atoms with Gasteiger partial charge in [-0.05, 0) is 25.1 Å². The molecule has 0 aliphatic carbocycles. The third-order valence-corrected chi connectivity index (χ3v) is 3.03. The van der Waals surface area contributed by atoms with E-state index in [1.54, 1.807) is 12.1 Å². The van der Waals surface area contributed by atoms with Gasteiger partial charge >= 0.3 is 0 Å². The van der Waals surface area contributed by atoms with E-state index in [0.29, 0.717) is 17.3 Å². The Hall–Kier alpha value is -3.02. The zero-order valence-corrected chi connectivity index (χ0v) is 11.2. The van der Waals surface area contributed by atoms with Gasteiger partial charge in [-0.1, -0.05) is 28.9 Å². The van der Waals surface area contributed by atoms with Crippen molar-refractivity contribution in [1.82, 2.24) is 10.1 Å². The Labute approximate surface area is 120 Å². The van der Waals surface area contributed by atoms with Crippen LogP contribution < -0.4 is 0 Å². The fourth-order valence-corrected chi connectivity index (χ4v) is 1.97. The number of aromatic nitrogens is 2. The highest BCUT2D eigenvalue weighted by molar-refractivity contribution is 5.61. The normalized spacial score (nSPS) is 10.5. The Morgan fingerprint density at radius 3 is 2.52 bits per heavy atom. The van der Waals surface area contributed by atoms with Gasteiger partial charge in [0, 0.05) is 23.3 Å². The minimum Gasteiger partial charge on any atom is -0.334 e. The van der Waals surface area contributed by atoms with E-state index in [0.717, 1.165) is 11.1 Å². The first-order valence-electron chi connectivity index (χ1n) is 6.29. The third-order valence-electron chi connectivity index (χ3n) is 3.03. The van der Waals surface area contributed by atoms with Crippen molar-refractivity contribution in [2.24, 2.45) is 0 Å². The van der Waals surface area contributed by atoms with E-state index >= 15 is 0 Å². The summed E-state index contributed by atoms with van der Waals surface area (Å²) in [5, 5.41) is 14.6. The lowest BCUT2D eigenvalue weighted by Gasteiger charge is -1.95. The molecule has 3 rings (SSSR count). The summed E-state index contributed by atoms with van der Waals surface area (Å²) in [6, 6.07) is 13.8.